The monoisotopic (exact) mass is 449 g/mol. The summed E-state index contributed by atoms with van der Waals surface area (Å²) in [5.74, 6) is 4.04. The van der Waals surface area contributed by atoms with Crippen LogP contribution in [0.1, 0.15) is 24.0 Å². The number of pyridine rings is 1. The molecule has 0 saturated carbocycles. The Bertz CT molecular complexity index is 1220. The molecule has 174 valence electrons. The Kier molecular flexibility index (Phi) is 5.44. The van der Waals surface area contributed by atoms with Crippen LogP contribution in [0.3, 0.4) is 0 Å². The quantitative estimate of drug-likeness (QED) is 0.580. The molecule has 1 atom stereocenters. The zero-order chi connectivity index (χ0) is 23.3. The van der Waals surface area contributed by atoms with Crippen molar-refractivity contribution < 1.29 is 18.9 Å². The lowest BCUT2D eigenvalue weighted by Gasteiger charge is -2.34. The Balaban J connectivity index is 1.80. The third-order valence-electron chi connectivity index (χ3n) is 7.04. The first-order chi connectivity index (χ1) is 16.0. The van der Waals surface area contributed by atoms with Crippen LogP contribution in [0.15, 0.2) is 24.3 Å². The maximum absolute atomic E-state index is 5.68. The minimum absolute atomic E-state index is 0.157. The number of nitrogens with zero attached hydrogens (tertiary/aromatic N) is 3. The molecule has 1 fully saturated rings. The summed E-state index contributed by atoms with van der Waals surface area (Å²) in [6.45, 7) is 6.10. The molecular formula is C26H31N3O4. The first-order valence-corrected chi connectivity index (χ1v) is 11.3. The fourth-order valence-electron chi connectivity index (χ4n) is 5.16. The minimum atomic E-state index is 0.157. The molecule has 1 unspecified atom stereocenters. The SMILES string of the molecule is COc1cc2c(cc1OC)C(C)c1c-2nc(N2CCN(C)CC2)c2cc(OC)c(OC)cc12. The van der Waals surface area contributed by atoms with Gasteiger partial charge < -0.3 is 28.7 Å². The van der Waals surface area contributed by atoms with E-state index in [1.54, 1.807) is 28.4 Å². The Hall–Kier alpha value is -3.19. The van der Waals surface area contributed by atoms with E-state index < -0.39 is 0 Å². The standard InChI is InChI=1S/C26H31N3O4/c1-15-16-11-20(30-3)22(32-5)13-18(16)25-24(15)17-12-21(31-4)23(33-6)14-19(17)26(27-25)29-9-7-28(2)8-10-29/h11-15H,7-10H2,1-6H3. The highest BCUT2D eigenvalue weighted by Gasteiger charge is 2.33. The van der Waals surface area contributed by atoms with Crippen molar-refractivity contribution in [3.63, 3.8) is 0 Å². The van der Waals surface area contributed by atoms with Crippen molar-refractivity contribution in [2.45, 2.75) is 12.8 Å². The van der Waals surface area contributed by atoms with E-state index >= 15 is 0 Å². The van der Waals surface area contributed by atoms with Gasteiger partial charge in [-0.2, -0.15) is 0 Å². The number of fused-ring (bicyclic) bond motifs is 5. The van der Waals surface area contributed by atoms with Crippen LogP contribution in [0.4, 0.5) is 5.82 Å². The van der Waals surface area contributed by atoms with Gasteiger partial charge in [-0.1, -0.05) is 6.92 Å². The molecule has 0 radical (unpaired) electrons. The Morgan fingerprint density at radius 3 is 1.91 bits per heavy atom. The van der Waals surface area contributed by atoms with E-state index in [0.717, 1.165) is 65.5 Å². The second kappa shape index (κ2) is 8.30. The first kappa shape index (κ1) is 21.6. The molecule has 7 heteroatoms. The van der Waals surface area contributed by atoms with Crippen molar-refractivity contribution in [1.29, 1.82) is 0 Å². The summed E-state index contributed by atoms with van der Waals surface area (Å²) in [7, 11) is 8.87. The number of methoxy groups -OCH3 is 4. The third-order valence-corrected chi connectivity index (χ3v) is 7.04. The maximum atomic E-state index is 5.68. The number of benzene rings is 2. The number of rotatable bonds is 5. The van der Waals surface area contributed by atoms with E-state index in [0.29, 0.717) is 11.5 Å². The summed E-state index contributed by atoms with van der Waals surface area (Å²) < 4.78 is 22.6. The lowest BCUT2D eigenvalue weighted by Crippen LogP contribution is -2.45. The molecule has 5 rings (SSSR count). The zero-order valence-corrected chi connectivity index (χ0v) is 20.2. The highest BCUT2D eigenvalue weighted by Crippen LogP contribution is 2.52. The van der Waals surface area contributed by atoms with Gasteiger partial charge in [0, 0.05) is 43.0 Å². The van der Waals surface area contributed by atoms with Crippen molar-refractivity contribution in [3.05, 3.63) is 35.4 Å². The third kappa shape index (κ3) is 3.33. The second-order valence-corrected chi connectivity index (χ2v) is 8.76. The van der Waals surface area contributed by atoms with Crippen LogP contribution in [0, 0.1) is 0 Å². The molecule has 1 saturated heterocycles. The highest BCUT2D eigenvalue weighted by molar-refractivity contribution is 6.02. The van der Waals surface area contributed by atoms with Gasteiger partial charge in [-0.25, -0.2) is 4.98 Å². The number of aromatic nitrogens is 1. The van der Waals surface area contributed by atoms with E-state index in [4.69, 9.17) is 23.9 Å². The van der Waals surface area contributed by atoms with Crippen molar-refractivity contribution in [2.24, 2.45) is 0 Å². The van der Waals surface area contributed by atoms with E-state index in [9.17, 15) is 0 Å². The number of hydrogen-bond donors (Lipinski definition) is 0. The van der Waals surface area contributed by atoms with Gasteiger partial charge in [0.05, 0.1) is 34.1 Å². The number of likely N-dealkylation sites (N-methyl/N-ethyl adjacent to an activating group) is 1. The zero-order valence-electron chi connectivity index (χ0n) is 20.2. The molecule has 0 bridgehead atoms. The molecule has 1 aliphatic carbocycles. The summed E-state index contributed by atoms with van der Waals surface area (Å²) in [5.41, 5.74) is 4.50. The molecule has 33 heavy (non-hydrogen) atoms. The van der Waals surface area contributed by atoms with Crippen LogP contribution in [0.5, 0.6) is 23.0 Å². The summed E-state index contributed by atoms with van der Waals surface area (Å²) in [4.78, 5) is 10.0. The van der Waals surface area contributed by atoms with Gasteiger partial charge >= 0.3 is 0 Å². The van der Waals surface area contributed by atoms with Gasteiger partial charge in [0.25, 0.3) is 0 Å². The molecule has 0 amide bonds. The molecule has 3 aromatic rings. The Morgan fingerprint density at radius 1 is 0.758 bits per heavy atom. The number of ether oxygens (including phenoxy) is 4. The van der Waals surface area contributed by atoms with Gasteiger partial charge in [0.1, 0.15) is 5.82 Å². The number of anilines is 1. The molecule has 2 aliphatic rings. The average molecular weight is 450 g/mol. The molecule has 2 heterocycles. The molecule has 0 N–H and O–H groups in total. The van der Waals surface area contributed by atoms with Crippen molar-refractivity contribution in [2.75, 3.05) is 66.6 Å². The van der Waals surface area contributed by atoms with Gasteiger partial charge in [-0.15, -0.1) is 0 Å². The number of piperazine rings is 1. The smallest absolute Gasteiger partial charge is 0.161 e. The lowest BCUT2D eigenvalue weighted by atomic mass is 9.94. The van der Waals surface area contributed by atoms with Crippen LogP contribution in [0.2, 0.25) is 0 Å². The molecule has 1 aromatic heterocycles. The Morgan fingerprint density at radius 2 is 1.30 bits per heavy atom. The van der Waals surface area contributed by atoms with E-state index in [-0.39, 0.29) is 5.92 Å². The molecule has 7 nitrogen and oxygen atoms in total. The van der Waals surface area contributed by atoms with Gasteiger partial charge in [0.2, 0.25) is 0 Å². The lowest BCUT2D eigenvalue weighted by molar-refractivity contribution is 0.312. The fraction of sp³-hybridized carbons (Fsp3) is 0.423. The van der Waals surface area contributed by atoms with Gasteiger partial charge in [-0.05, 0) is 47.8 Å². The van der Waals surface area contributed by atoms with Crippen LogP contribution in [-0.2, 0) is 0 Å². The summed E-state index contributed by atoms with van der Waals surface area (Å²) in [5, 5.41) is 2.24. The number of hydrogen-bond acceptors (Lipinski definition) is 7. The van der Waals surface area contributed by atoms with E-state index in [1.807, 2.05) is 0 Å². The topological polar surface area (TPSA) is 56.3 Å². The Labute approximate surface area is 194 Å². The fourth-order valence-corrected chi connectivity index (χ4v) is 5.16. The van der Waals surface area contributed by atoms with Crippen molar-refractivity contribution in [3.8, 4) is 34.3 Å². The normalized spacial score (nSPS) is 17.6. The maximum Gasteiger partial charge on any atom is 0.161 e. The summed E-state index contributed by atoms with van der Waals surface area (Å²) >= 11 is 0. The summed E-state index contributed by atoms with van der Waals surface area (Å²) in [6.07, 6.45) is 0. The minimum Gasteiger partial charge on any atom is -0.493 e. The van der Waals surface area contributed by atoms with E-state index in [1.165, 1.54) is 11.1 Å². The molecule has 0 spiro atoms. The second-order valence-electron chi connectivity index (χ2n) is 8.76. The van der Waals surface area contributed by atoms with Gasteiger partial charge in [0.15, 0.2) is 23.0 Å². The largest absolute Gasteiger partial charge is 0.493 e. The van der Waals surface area contributed by atoms with Crippen LogP contribution < -0.4 is 23.8 Å². The molecule has 2 aromatic carbocycles. The van der Waals surface area contributed by atoms with Crippen molar-refractivity contribution >= 4 is 16.6 Å². The molecular weight excluding hydrogens is 418 g/mol. The van der Waals surface area contributed by atoms with Gasteiger partial charge in [-0.3, -0.25) is 0 Å². The predicted molar refractivity (Wildman–Crippen MR) is 131 cm³/mol. The molecule has 1 aliphatic heterocycles. The first-order valence-electron chi connectivity index (χ1n) is 11.3. The highest BCUT2D eigenvalue weighted by atomic mass is 16.5. The van der Waals surface area contributed by atoms with Crippen LogP contribution in [-0.4, -0.2) is 71.5 Å². The van der Waals surface area contributed by atoms with Crippen molar-refractivity contribution in [1.82, 2.24) is 9.88 Å². The average Bonchev–Trinajstić information content (AvgIpc) is 3.13. The van der Waals surface area contributed by atoms with Crippen LogP contribution >= 0.6 is 0 Å². The summed E-state index contributed by atoms with van der Waals surface area (Å²) in [6, 6.07) is 8.32. The predicted octanol–water partition coefficient (Wildman–Crippen LogP) is 4.15. The van der Waals surface area contributed by atoms with E-state index in [2.05, 4.69) is 48.0 Å². The van der Waals surface area contributed by atoms with Crippen LogP contribution in [0.25, 0.3) is 22.0 Å².